The van der Waals surface area contributed by atoms with Crippen molar-refractivity contribution in [3.63, 3.8) is 0 Å². The average molecular weight is 292 g/mol. The third-order valence-corrected chi connectivity index (χ3v) is 3.54. The molecule has 0 aromatic carbocycles. The highest BCUT2D eigenvalue weighted by Crippen LogP contribution is 2.30. The lowest BCUT2D eigenvalue weighted by Gasteiger charge is -2.14. The molecule has 0 saturated carbocycles. The third kappa shape index (κ3) is 2.99. The van der Waals surface area contributed by atoms with E-state index in [0.717, 1.165) is 18.7 Å². The van der Waals surface area contributed by atoms with E-state index in [4.69, 9.17) is 4.74 Å². The SMILES string of the molecule is CCc1ncnc(NC[C@H]2CC[C@@H](c3ncn[nH]3)O2)c1F. The summed E-state index contributed by atoms with van der Waals surface area (Å²) in [5.74, 6) is 0.581. The lowest BCUT2D eigenvalue weighted by atomic mass is 10.2. The fourth-order valence-corrected chi connectivity index (χ4v) is 2.41. The summed E-state index contributed by atoms with van der Waals surface area (Å²) in [6, 6.07) is 0. The van der Waals surface area contributed by atoms with Gasteiger partial charge in [-0.3, -0.25) is 5.10 Å². The first-order chi connectivity index (χ1) is 10.3. The predicted molar refractivity (Wildman–Crippen MR) is 73.1 cm³/mol. The van der Waals surface area contributed by atoms with E-state index in [0.29, 0.717) is 18.7 Å². The van der Waals surface area contributed by atoms with Crippen LogP contribution in [0.15, 0.2) is 12.7 Å². The molecule has 0 radical (unpaired) electrons. The fraction of sp³-hybridized carbons (Fsp3) is 0.538. The Balaban J connectivity index is 1.57. The summed E-state index contributed by atoms with van der Waals surface area (Å²) < 4.78 is 19.9. The van der Waals surface area contributed by atoms with Gasteiger partial charge in [-0.1, -0.05) is 6.92 Å². The zero-order chi connectivity index (χ0) is 14.7. The molecule has 1 saturated heterocycles. The number of hydrogen-bond donors (Lipinski definition) is 2. The second kappa shape index (κ2) is 6.13. The Morgan fingerprint density at radius 3 is 3.00 bits per heavy atom. The number of aromatic amines is 1. The molecule has 3 rings (SSSR count). The summed E-state index contributed by atoms with van der Waals surface area (Å²) in [5.41, 5.74) is 0.416. The maximum absolute atomic E-state index is 14.0. The van der Waals surface area contributed by atoms with Crippen molar-refractivity contribution < 1.29 is 9.13 Å². The van der Waals surface area contributed by atoms with Gasteiger partial charge in [-0.05, 0) is 19.3 Å². The fourth-order valence-electron chi connectivity index (χ4n) is 2.41. The molecule has 0 amide bonds. The summed E-state index contributed by atoms with van der Waals surface area (Å²) in [6.45, 7) is 2.36. The van der Waals surface area contributed by atoms with E-state index in [1.807, 2.05) is 6.92 Å². The molecule has 8 heteroatoms. The van der Waals surface area contributed by atoms with Crippen molar-refractivity contribution in [1.82, 2.24) is 25.1 Å². The van der Waals surface area contributed by atoms with Crippen LogP contribution in [-0.2, 0) is 11.2 Å². The average Bonchev–Trinajstić information content (AvgIpc) is 3.17. The molecule has 1 fully saturated rings. The topological polar surface area (TPSA) is 88.6 Å². The van der Waals surface area contributed by atoms with Crippen LogP contribution in [0.4, 0.5) is 10.2 Å². The van der Waals surface area contributed by atoms with Gasteiger partial charge < -0.3 is 10.1 Å². The van der Waals surface area contributed by atoms with Crippen LogP contribution in [0.1, 0.15) is 37.4 Å². The molecule has 0 spiro atoms. The van der Waals surface area contributed by atoms with Crippen molar-refractivity contribution in [2.45, 2.75) is 38.4 Å². The second-order valence-corrected chi connectivity index (χ2v) is 4.91. The predicted octanol–water partition coefficient (Wildman–Crippen LogP) is 1.63. The molecule has 3 heterocycles. The maximum atomic E-state index is 14.0. The van der Waals surface area contributed by atoms with Gasteiger partial charge in [-0.15, -0.1) is 0 Å². The Morgan fingerprint density at radius 1 is 1.33 bits per heavy atom. The van der Waals surface area contributed by atoms with Crippen LogP contribution in [-0.4, -0.2) is 37.8 Å². The molecule has 2 atom stereocenters. The molecule has 2 aromatic rings. The molecule has 0 unspecified atom stereocenters. The second-order valence-electron chi connectivity index (χ2n) is 4.91. The first-order valence-electron chi connectivity index (χ1n) is 7.02. The molecule has 2 N–H and O–H groups in total. The van der Waals surface area contributed by atoms with Gasteiger partial charge in [0.25, 0.3) is 0 Å². The highest BCUT2D eigenvalue weighted by atomic mass is 19.1. The third-order valence-electron chi connectivity index (χ3n) is 3.54. The molecule has 0 aliphatic carbocycles. The number of aromatic nitrogens is 5. The van der Waals surface area contributed by atoms with Gasteiger partial charge in [0.15, 0.2) is 17.5 Å². The van der Waals surface area contributed by atoms with Crippen molar-refractivity contribution in [2.75, 3.05) is 11.9 Å². The number of nitrogens with zero attached hydrogens (tertiary/aromatic N) is 4. The number of ether oxygens (including phenoxy) is 1. The van der Waals surface area contributed by atoms with Crippen LogP contribution in [0.2, 0.25) is 0 Å². The zero-order valence-electron chi connectivity index (χ0n) is 11.7. The molecule has 21 heavy (non-hydrogen) atoms. The molecule has 0 bridgehead atoms. The number of halogens is 1. The minimum Gasteiger partial charge on any atom is -0.365 e. The van der Waals surface area contributed by atoms with Gasteiger partial charge in [0.2, 0.25) is 0 Å². The Kier molecular flexibility index (Phi) is 4.05. The molecular weight excluding hydrogens is 275 g/mol. The zero-order valence-corrected chi connectivity index (χ0v) is 11.7. The monoisotopic (exact) mass is 292 g/mol. The highest BCUT2D eigenvalue weighted by Gasteiger charge is 2.28. The van der Waals surface area contributed by atoms with Gasteiger partial charge in [-0.2, -0.15) is 5.10 Å². The summed E-state index contributed by atoms with van der Waals surface area (Å²) in [7, 11) is 0. The van der Waals surface area contributed by atoms with Crippen molar-refractivity contribution in [3.8, 4) is 0 Å². The standard InChI is InChI=1S/C13H17FN6O/c1-2-9-11(14)13(17-6-16-9)15-5-8-3-4-10(21-8)12-18-7-19-20-12/h6-8,10H,2-5H2,1H3,(H,15,16,17)(H,18,19,20)/t8-,10+/m1/s1. The Hall–Kier alpha value is -2.09. The van der Waals surface area contributed by atoms with Crippen LogP contribution in [0.3, 0.4) is 0 Å². The lowest BCUT2D eigenvalue weighted by molar-refractivity contribution is 0.0471. The van der Waals surface area contributed by atoms with E-state index in [1.165, 1.54) is 12.7 Å². The minimum absolute atomic E-state index is 0.000424. The molecule has 1 aliphatic rings. The molecule has 112 valence electrons. The molecular formula is C13H17FN6O. The van der Waals surface area contributed by atoms with Crippen molar-refractivity contribution >= 4 is 5.82 Å². The number of aryl methyl sites for hydroxylation is 1. The normalized spacial score (nSPS) is 21.6. The lowest BCUT2D eigenvalue weighted by Crippen LogP contribution is -2.20. The number of anilines is 1. The van der Waals surface area contributed by atoms with Gasteiger partial charge in [0.1, 0.15) is 18.8 Å². The van der Waals surface area contributed by atoms with E-state index < -0.39 is 0 Å². The van der Waals surface area contributed by atoms with E-state index in [2.05, 4.69) is 30.5 Å². The highest BCUT2D eigenvalue weighted by molar-refractivity contribution is 5.37. The van der Waals surface area contributed by atoms with E-state index in [-0.39, 0.29) is 23.8 Å². The van der Waals surface area contributed by atoms with Crippen LogP contribution in [0, 0.1) is 5.82 Å². The van der Waals surface area contributed by atoms with Crippen LogP contribution >= 0.6 is 0 Å². The summed E-state index contributed by atoms with van der Waals surface area (Å²) in [6.07, 6.45) is 5.06. The molecule has 2 aromatic heterocycles. The summed E-state index contributed by atoms with van der Waals surface area (Å²) >= 11 is 0. The number of hydrogen-bond acceptors (Lipinski definition) is 6. The largest absolute Gasteiger partial charge is 0.365 e. The Labute approximate surface area is 121 Å². The van der Waals surface area contributed by atoms with E-state index >= 15 is 0 Å². The first kappa shape index (κ1) is 13.9. The van der Waals surface area contributed by atoms with Crippen molar-refractivity contribution in [1.29, 1.82) is 0 Å². The molecule has 1 aliphatic heterocycles. The smallest absolute Gasteiger partial charge is 0.186 e. The summed E-state index contributed by atoms with van der Waals surface area (Å²) in [5, 5.41) is 9.63. The van der Waals surface area contributed by atoms with Gasteiger partial charge in [0.05, 0.1) is 11.8 Å². The number of H-pyrrole nitrogens is 1. The van der Waals surface area contributed by atoms with Gasteiger partial charge >= 0.3 is 0 Å². The van der Waals surface area contributed by atoms with Gasteiger partial charge in [0, 0.05) is 6.54 Å². The first-order valence-corrected chi connectivity index (χ1v) is 7.02. The quantitative estimate of drug-likeness (QED) is 0.870. The number of rotatable bonds is 5. The summed E-state index contributed by atoms with van der Waals surface area (Å²) in [4.78, 5) is 11.9. The molecule has 7 nitrogen and oxygen atoms in total. The number of nitrogens with one attached hydrogen (secondary N) is 2. The van der Waals surface area contributed by atoms with Crippen molar-refractivity contribution in [2.24, 2.45) is 0 Å². The van der Waals surface area contributed by atoms with Crippen LogP contribution in [0.25, 0.3) is 0 Å². The Morgan fingerprint density at radius 2 is 2.24 bits per heavy atom. The van der Waals surface area contributed by atoms with Crippen LogP contribution in [0.5, 0.6) is 0 Å². The Bertz CT molecular complexity index is 590. The van der Waals surface area contributed by atoms with E-state index in [9.17, 15) is 4.39 Å². The van der Waals surface area contributed by atoms with Gasteiger partial charge in [-0.25, -0.2) is 19.3 Å². The van der Waals surface area contributed by atoms with E-state index in [1.54, 1.807) is 0 Å². The maximum Gasteiger partial charge on any atom is 0.186 e. The van der Waals surface area contributed by atoms with Crippen LogP contribution < -0.4 is 5.32 Å². The minimum atomic E-state index is -0.384. The van der Waals surface area contributed by atoms with Crippen molar-refractivity contribution in [3.05, 3.63) is 30.0 Å².